The van der Waals surface area contributed by atoms with Crippen molar-refractivity contribution in [3.63, 3.8) is 0 Å². The van der Waals surface area contributed by atoms with Crippen molar-refractivity contribution in [2.24, 2.45) is 0 Å². The number of aryl methyl sites for hydroxylation is 1. The summed E-state index contributed by atoms with van der Waals surface area (Å²) in [5, 5.41) is 15.2. The molecule has 1 aliphatic carbocycles. The number of carbonyl (C=O) groups is 3. The van der Waals surface area contributed by atoms with Crippen LogP contribution in [0.5, 0.6) is 0 Å². The van der Waals surface area contributed by atoms with Gasteiger partial charge in [-0.25, -0.2) is 19.0 Å². The SMILES string of the molecule is CC[C@@]1(O)C(=O)OCc2c1cc1n(c2=O)Cc2c-1nc1cc(F)c(C)c3c1c2[C@@H](NC(=O)[C@@H]1CCCN1C(=O)OC(C)(C)C)CC3. The molecule has 0 saturated carbocycles. The van der Waals surface area contributed by atoms with Crippen LogP contribution in [0.4, 0.5) is 9.18 Å². The van der Waals surface area contributed by atoms with Crippen LogP contribution in [-0.4, -0.2) is 55.7 Å². The number of benzene rings is 1. The molecule has 2 aromatic heterocycles. The molecule has 46 heavy (non-hydrogen) atoms. The van der Waals surface area contributed by atoms with Crippen molar-refractivity contribution in [3.05, 3.63) is 61.7 Å². The third-order valence-corrected chi connectivity index (χ3v) is 9.88. The summed E-state index contributed by atoms with van der Waals surface area (Å²) in [4.78, 5) is 59.7. The van der Waals surface area contributed by atoms with Crippen molar-refractivity contribution in [1.29, 1.82) is 0 Å². The van der Waals surface area contributed by atoms with E-state index in [4.69, 9.17) is 14.5 Å². The number of amides is 2. The molecule has 2 amide bonds. The molecule has 2 N–H and O–H groups in total. The van der Waals surface area contributed by atoms with Crippen LogP contribution in [0, 0.1) is 12.7 Å². The van der Waals surface area contributed by atoms with Gasteiger partial charge in [-0.15, -0.1) is 0 Å². The molecule has 0 unspecified atom stereocenters. The van der Waals surface area contributed by atoms with Gasteiger partial charge in [0.15, 0.2) is 5.60 Å². The van der Waals surface area contributed by atoms with Gasteiger partial charge in [-0.3, -0.25) is 14.5 Å². The Morgan fingerprint density at radius 2 is 1.96 bits per heavy atom. The second kappa shape index (κ2) is 10.3. The Hall–Kier alpha value is -4.32. The first-order valence-corrected chi connectivity index (χ1v) is 15.8. The number of ether oxygens (including phenoxy) is 2. The van der Waals surface area contributed by atoms with E-state index in [9.17, 15) is 24.3 Å². The van der Waals surface area contributed by atoms with Crippen LogP contribution in [-0.2, 0) is 44.2 Å². The second-order valence-corrected chi connectivity index (χ2v) is 13.7. The smallest absolute Gasteiger partial charge is 0.410 e. The van der Waals surface area contributed by atoms with Gasteiger partial charge in [0.2, 0.25) is 5.91 Å². The monoisotopic (exact) mass is 632 g/mol. The molecule has 7 rings (SSSR count). The fraction of sp³-hybridized carbons (Fsp3) is 0.500. The zero-order valence-corrected chi connectivity index (χ0v) is 26.6. The number of pyridine rings is 2. The maximum Gasteiger partial charge on any atom is 0.410 e. The van der Waals surface area contributed by atoms with E-state index < -0.39 is 46.7 Å². The third kappa shape index (κ3) is 4.44. The second-order valence-electron chi connectivity index (χ2n) is 13.7. The van der Waals surface area contributed by atoms with Crippen LogP contribution >= 0.6 is 0 Å². The highest BCUT2D eigenvalue weighted by Gasteiger charge is 2.46. The molecule has 0 bridgehead atoms. The predicted octanol–water partition coefficient (Wildman–Crippen LogP) is 4.03. The van der Waals surface area contributed by atoms with E-state index in [0.29, 0.717) is 60.3 Å². The van der Waals surface area contributed by atoms with Gasteiger partial charge in [-0.2, -0.15) is 0 Å². The molecule has 242 valence electrons. The lowest BCUT2D eigenvalue weighted by Gasteiger charge is -2.32. The molecule has 3 aliphatic heterocycles. The van der Waals surface area contributed by atoms with Crippen molar-refractivity contribution < 1.29 is 33.4 Å². The summed E-state index contributed by atoms with van der Waals surface area (Å²) in [5.74, 6) is -1.52. The molecule has 12 heteroatoms. The fourth-order valence-corrected chi connectivity index (χ4v) is 7.55. The van der Waals surface area contributed by atoms with E-state index in [1.165, 1.54) is 11.0 Å². The molecule has 3 atom stereocenters. The molecule has 1 saturated heterocycles. The standard InChI is InChI=1S/C34H37FN4O7/c1-6-34(44)20-12-25-28-18(14-39(25)30(41)19(20)15-45-31(34)42)27-22(10-9-17-16(2)21(35)13-23(36-28)26(17)27)37-29(40)24-8-7-11-38(24)32(43)46-33(3,4)5/h12-13,22,24,44H,6-11,14-15H2,1-5H3,(H,37,40)/t22-,24-,34-/m0/s1. The fourth-order valence-electron chi connectivity index (χ4n) is 7.55. The predicted molar refractivity (Wildman–Crippen MR) is 164 cm³/mol. The number of fused-ring (bicyclic) bond motifs is 5. The molecule has 11 nitrogen and oxygen atoms in total. The minimum Gasteiger partial charge on any atom is -0.458 e. The number of hydrogen-bond acceptors (Lipinski definition) is 8. The first-order chi connectivity index (χ1) is 21.7. The lowest BCUT2D eigenvalue weighted by atomic mass is 9.81. The Morgan fingerprint density at radius 3 is 2.67 bits per heavy atom. The van der Waals surface area contributed by atoms with Gasteiger partial charge < -0.3 is 24.5 Å². The summed E-state index contributed by atoms with van der Waals surface area (Å²) in [5.41, 5.74) is 1.34. The number of nitrogens with zero attached hydrogens (tertiary/aromatic N) is 3. The van der Waals surface area contributed by atoms with Crippen molar-refractivity contribution in [2.45, 2.75) is 103 Å². The van der Waals surface area contributed by atoms with E-state index in [1.54, 1.807) is 45.3 Å². The quantitative estimate of drug-likeness (QED) is 0.323. The summed E-state index contributed by atoms with van der Waals surface area (Å²) in [6.45, 7) is 9.01. The van der Waals surface area contributed by atoms with Crippen LogP contribution in [0.15, 0.2) is 16.9 Å². The van der Waals surface area contributed by atoms with Crippen molar-refractivity contribution in [1.82, 2.24) is 19.8 Å². The average Bonchev–Trinajstić information content (AvgIpc) is 3.64. The van der Waals surface area contributed by atoms with Gasteiger partial charge in [0.1, 0.15) is 24.1 Å². The average molecular weight is 633 g/mol. The summed E-state index contributed by atoms with van der Waals surface area (Å²) < 4.78 is 27.5. The molecule has 0 radical (unpaired) electrons. The normalized spacial score (nSPS) is 23.1. The van der Waals surface area contributed by atoms with Crippen LogP contribution in [0.25, 0.3) is 22.3 Å². The minimum absolute atomic E-state index is 0.00835. The maximum atomic E-state index is 15.2. The zero-order valence-electron chi connectivity index (χ0n) is 26.6. The van der Waals surface area contributed by atoms with E-state index in [2.05, 4.69) is 5.32 Å². The molecule has 5 heterocycles. The number of hydrogen-bond donors (Lipinski definition) is 2. The highest BCUT2D eigenvalue weighted by molar-refractivity contribution is 5.94. The number of aromatic nitrogens is 2. The first-order valence-electron chi connectivity index (χ1n) is 15.8. The summed E-state index contributed by atoms with van der Waals surface area (Å²) in [6, 6.07) is 1.80. The van der Waals surface area contributed by atoms with E-state index in [1.807, 2.05) is 0 Å². The number of likely N-dealkylation sites (tertiary alicyclic amines) is 1. The molecule has 0 spiro atoms. The van der Waals surface area contributed by atoms with Gasteiger partial charge in [-0.1, -0.05) is 6.92 Å². The molecule has 1 aromatic carbocycles. The van der Waals surface area contributed by atoms with Gasteiger partial charge in [-0.05, 0) is 82.6 Å². The van der Waals surface area contributed by atoms with Crippen molar-refractivity contribution >= 4 is 28.9 Å². The van der Waals surface area contributed by atoms with E-state index in [0.717, 1.165) is 16.5 Å². The molecule has 3 aromatic rings. The largest absolute Gasteiger partial charge is 0.458 e. The van der Waals surface area contributed by atoms with Gasteiger partial charge >= 0.3 is 12.1 Å². The Kier molecular flexibility index (Phi) is 6.82. The van der Waals surface area contributed by atoms with Crippen LogP contribution in [0.2, 0.25) is 0 Å². The molecular formula is C34H37FN4O7. The highest BCUT2D eigenvalue weighted by Crippen LogP contribution is 2.46. The van der Waals surface area contributed by atoms with E-state index >= 15 is 4.39 Å². The van der Waals surface area contributed by atoms with Crippen LogP contribution in [0.3, 0.4) is 0 Å². The van der Waals surface area contributed by atoms with Crippen LogP contribution in [0.1, 0.15) is 92.8 Å². The third-order valence-electron chi connectivity index (χ3n) is 9.88. The Morgan fingerprint density at radius 1 is 1.20 bits per heavy atom. The number of esters is 1. The maximum absolute atomic E-state index is 15.2. The summed E-state index contributed by atoms with van der Waals surface area (Å²) in [6.07, 6.45) is 1.61. The van der Waals surface area contributed by atoms with Gasteiger partial charge in [0.25, 0.3) is 5.56 Å². The summed E-state index contributed by atoms with van der Waals surface area (Å²) >= 11 is 0. The topological polar surface area (TPSA) is 140 Å². The van der Waals surface area contributed by atoms with Crippen LogP contribution < -0.4 is 10.9 Å². The zero-order chi connectivity index (χ0) is 32.9. The number of nitrogens with one attached hydrogen (secondary N) is 1. The minimum atomic E-state index is -1.98. The lowest BCUT2D eigenvalue weighted by molar-refractivity contribution is -0.172. The summed E-state index contributed by atoms with van der Waals surface area (Å²) in [7, 11) is 0. The molecular weight excluding hydrogens is 595 g/mol. The van der Waals surface area contributed by atoms with Crippen molar-refractivity contribution in [2.75, 3.05) is 6.54 Å². The number of halogens is 1. The number of rotatable bonds is 3. The number of aliphatic hydroxyl groups is 1. The Bertz CT molecular complexity index is 1930. The molecule has 4 aliphatic rings. The highest BCUT2D eigenvalue weighted by atomic mass is 19.1. The first kappa shape index (κ1) is 30.3. The molecule has 1 fully saturated rings. The Balaban J connectivity index is 1.35. The van der Waals surface area contributed by atoms with E-state index in [-0.39, 0.29) is 36.6 Å². The van der Waals surface area contributed by atoms with Gasteiger partial charge in [0.05, 0.1) is 35.1 Å². The number of cyclic esters (lactones) is 1. The van der Waals surface area contributed by atoms with Gasteiger partial charge in [0, 0.05) is 29.1 Å². The van der Waals surface area contributed by atoms with Crippen molar-refractivity contribution in [3.8, 4) is 11.4 Å². The Labute approximate surface area is 264 Å². The lowest BCUT2D eigenvalue weighted by Crippen LogP contribution is -2.48. The number of carbonyl (C=O) groups excluding carboxylic acids is 3.